The Kier molecular flexibility index (Phi) is 6.07. The lowest BCUT2D eigenvalue weighted by atomic mass is 9.91. The molecule has 2 nitrogen and oxygen atoms in total. The van der Waals surface area contributed by atoms with Gasteiger partial charge in [0.25, 0.3) is 0 Å². The second-order valence-corrected chi connectivity index (χ2v) is 5.23. The number of hydrogen-bond acceptors (Lipinski definition) is 2. The van der Waals surface area contributed by atoms with Crippen LogP contribution in [-0.4, -0.2) is 37.1 Å². The standard InChI is InChI=1S/C14H28N2/c1-4-6-7-12-16(3)13-14(9-5-2)10-8-11-15-14/h4,15H,1,5-13H2,2-3H3. The van der Waals surface area contributed by atoms with Crippen molar-refractivity contribution in [2.75, 3.05) is 26.7 Å². The Morgan fingerprint density at radius 1 is 1.50 bits per heavy atom. The molecular weight excluding hydrogens is 196 g/mol. The summed E-state index contributed by atoms with van der Waals surface area (Å²) in [6, 6.07) is 0. The fourth-order valence-electron chi connectivity index (χ4n) is 2.88. The summed E-state index contributed by atoms with van der Waals surface area (Å²) < 4.78 is 0. The molecule has 0 saturated carbocycles. The molecule has 1 saturated heterocycles. The molecule has 1 N–H and O–H groups in total. The van der Waals surface area contributed by atoms with Crippen molar-refractivity contribution in [3.05, 3.63) is 12.7 Å². The van der Waals surface area contributed by atoms with Gasteiger partial charge in [-0.1, -0.05) is 19.4 Å². The number of nitrogens with zero attached hydrogens (tertiary/aromatic N) is 1. The molecule has 0 aromatic heterocycles. The topological polar surface area (TPSA) is 15.3 Å². The van der Waals surface area contributed by atoms with Gasteiger partial charge in [-0.3, -0.25) is 0 Å². The summed E-state index contributed by atoms with van der Waals surface area (Å²) >= 11 is 0. The first kappa shape index (κ1) is 13.7. The van der Waals surface area contributed by atoms with Crippen LogP contribution in [0.15, 0.2) is 12.7 Å². The molecule has 0 aromatic rings. The first-order valence-electron chi connectivity index (χ1n) is 6.77. The molecule has 2 heteroatoms. The summed E-state index contributed by atoms with van der Waals surface area (Å²) in [6.07, 6.45) is 9.70. The lowest BCUT2D eigenvalue weighted by Crippen LogP contribution is -2.49. The van der Waals surface area contributed by atoms with E-state index in [1.165, 1.54) is 51.7 Å². The van der Waals surface area contributed by atoms with Crippen LogP contribution in [-0.2, 0) is 0 Å². The van der Waals surface area contributed by atoms with E-state index in [1.54, 1.807) is 0 Å². The van der Waals surface area contributed by atoms with Gasteiger partial charge in [-0.15, -0.1) is 6.58 Å². The van der Waals surface area contributed by atoms with Crippen LogP contribution < -0.4 is 5.32 Å². The van der Waals surface area contributed by atoms with Crippen molar-refractivity contribution < 1.29 is 0 Å². The van der Waals surface area contributed by atoms with Crippen LogP contribution >= 0.6 is 0 Å². The third kappa shape index (κ3) is 4.26. The quantitative estimate of drug-likeness (QED) is 0.504. The maximum absolute atomic E-state index is 3.77. The van der Waals surface area contributed by atoms with Crippen molar-refractivity contribution in [2.45, 2.75) is 51.0 Å². The summed E-state index contributed by atoms with van der Waals surface area (Å²) in [6.45, 7) is 9.67. The third-order valence-corrected chi connectivity index (χ3v) is 3.58. The SMILES string of the molecule is C=CCCCN(C)CC1(CCC)CCCN1. The van der Waals surface area contributed by atoms with E-state index in [4.69, 9.17) is 0 Å². The highest BCUT2D eigenvalue weighted by atomic mass is 15.2. The number of hydrogen-bond donors (Lipinski definition) is 1. The first-order valence-corrected chi connectivity index (χ1v) is 6.77. The van der Waals surface area contributed by atoms with E-state index in [-0.39, 0.29) is 0 Å². The van der Waals surface area contributed by atoms with Crippen LogP contribution in [0.1, 0.15) is 45.4 Å². The molecule has 0 aromatic carbocycles. The summed E-state index contributed by atoms with van der Waals surface area (Å²) in [5.74, 6) is 0. The molecule has 1 aliphatic rings. The van der Waals surface area contributed by atoms with E-state index in [0.717, 1.165) is 6.42 Å². The highest BCUT2D eigenvalue weighted by molar-refractivity contribution is 4.94. The number of rotatable bonds is 8. The molecule has 0 amide bonds. The minimum absolute atomic E-state index is 0.414. The molecule has 1 rings (SSSR count). The second kappa shape index (κ2) is 7.08. The minimum atomic E-state index is 0.414. The Balaban J connectivity index is 2.33. The van der Waals surface area contributed by atoms with Gasteiger partial charge < -0.3 is 10.2 Å². The zero-order valence-electron chi connectivity index (χ0n) is 11.1. The molecule has 1 atom stereocenters. The maximum atomic E-state index is 3.77. The fraction of sp³-hybridized carbons (Fsp3) is 0.857. The van der Waals surface area contributed by atoms with Crippen LogP contribution in [0.3, 0.4) is 0 Å². The predicted octanol–water partition coefficient (Wildman–Crippen LogP) is 2.81. The van der Waals surface area contributed by atoms with E-state index in [1.807, 2.05) is 6.08 Å². The van der Waals surface area contributed by atoms with Gasteiger partial charge in [0.1, 0.15) is 0 Å². The molecule has 1 fully saturated rings. The van der Waals surface area contributed by atoms with E-state index in [9.17, 15) is 0 Å². The van der Waals surface area contributed by atoms with Crippen LogP contribution in [0.2, 0.25) is 0 Å². The molecule has 1 aliphatic heterocycles. The Bertz CT molecular complexity index is 195. The molecular formula is C14H28N2. The lowest BCUT2D eigenvalue weighted by molar-refractivity contribution is 0.212. The monoisotopic (exact) mass is 224 g/mol. The van der Waals surface area contributed by atoms with Gasteiger partial charge in [0.05, 0.1) is 0 Å². The molecule has 1 unspecified atom stereocenters. The van der Waals surface area contributed by atoms with Gasteiger partial charge in [0, 0.05) is 12.1 Å². The largest absolute Gasteiger partial charge is 0.310 e. The second-order valence-electron chi connectivity index (χ2n) is 5.23. The van der Waals surface area contributed by atoms with Gasteiger partial charge >= 0.3 is 0 Å². The Morgan fingerprint density at radius 3 is 2.88 bits per heavy atom. The van der Waals surface area contributed by atoms with Crippen LogP contribution in [0.5, 0.6) is 0 Å². The van der Waals surface area contributed by atoms with Crippen molar-refractivity contribution in [1.82, 2.24) is 10.2 Å². The van der Waals surface area contributed by atoms with Crippen LogP contribution in [0, 0.1) is 0 Å². The summed E-state index contributed by atoms with van der Waals surface area (Å²) in [5, 5.41) is 3.73. The van der Waals surface area contributed by atoms with E-state index in [0.29, 0.717) is 5.54 Å². The lowest BCUT2D eigenvalue weighted by Gasteiger charge is -2.34. The van der Waals surface area contributed by atoms with E-state index >= 15 is 0 Å². The van der Waals surface area contributed by atoms with Crippen molar-refractivity contribution in [3.63, 3.8) is 0 Å². The number of nitrogens with one attached hydrogen (secondary N) is 1. The normalized spacial score (nSPS) is 25.2. The number of likely N-dealkylation sites (N-methyl/N-ethyl adjacent to an activating group) is 1. The van der Waals surface area contributed by atoms with Gasteiger partial charge in [-0.05, 0) is 52.2 Å². The van der Waals surface area contributed by atoms with Crippen molar-refractivity contribution >= 4 is 0 Å². The highest BCUT2D eigenvalue weighted by Gasteiger charge is 2.33. The average molecular weight is 224 g/mol. The molecule has 0 spiro atoms. The fourth-order valence-corrected chi connectivity index (χ4v) is 2.88. The minimum Gasteiger partial charge on any atom is -0.310 e. The number of allylic oxidation sites excluding steroid dienone is 1. The van der Waals surface area contributed by atoms with Crippen molar-refractivity contribution in [3.8, 4) is 0 Å². The Labute approximate surface area is 101 Å². The zero-order chi connectivity index (χ0) is 11.9. The van der Waals surface area contributed by atoms with Crippen LogP contribution in [0.25, 0.3) is 0 Å². The summed E-state index contributed by atoms with van der Waals surface area (Å²) in [5.41, 5.74) is 0.414. The van der Waals surface area contributed by atoms with Crippen LogP contribution in [0.4, 0.5) is 0 Å². The molecule has 1 heterocycles. The van der Waals surface area contributed by atoms with Gasteiger partial charge in [0.2, 0.25) is 0 Å². The predicted molar refractivity (Wildman–Crippen MR) is 71.8 cm³/mol. The smallest absolute Gasteiger partial charge is 0.0309 e. The molecule has 0 bridgehead atoms. The summed E-state index contributed by atoms with van der Waals surface area (Å²) in [7, 11) is 2.25. The van der Waals surface area contributed by atoms with E-state index < -0.39 is 0 Å². The summed E-state index contributed by atoms with van der Waals surface area (Å²) in [4.78, 5) is 2.48. The first-order chi connectivity index (χ1) is 7.72. The Hall–Kier alpha value is -0.340. The van der Waals surface area contributed by atoms with E-state index in [2.05, 4.69) is 30.8 Å². The average Bonchev–Trinajstić information content (AvgIpc) is 2.67. The molecule has 94 valence electrons. The maximum Gasteiger partial charge on any atom is 0.0309 e. The molecule has 16 heavy (non-hydrogen) atoms. The third-order valence-electron chi connectivity index (χ3n) is 3.58. The van der Waals surface area contributed by atoms with Crippen molar-refractivity contribution in [1.29, 1.82) is 0 Å². The highest BCUT2D eigenvalue weighted by Crippen LogP contribution is 2.25. The van der Waals surface area contributed by atoms with Gasteiger partial charge in [-0.2, -0.15) is 0 Å². The van der Waals surface area contributed by atoms with Gasteiger partial charge in [0.15, 0.2) is 0 Å². The van der Waals surface area contributed by atoms with Crippen molar-refractivity contribution in [2.24, 2.45) is 0 Å². The number of unbranched alkanes of at least 4 members (excludes halogenated alkanes) is 1. The molecule has 0 radical (unpaired) electrons. The van der Waals surface area contributed by atoms with Gasteiger partial charge in [-0.25, -0.2) is 0 Å². The Morgan fingerprint density at radius 2 is 2.31 bits per heavy atom. The zero-order valence-corrected chi connectivity index (χ0v) is 11.1. The molecule has 0 aliphatic carbocycles.